The third kappa shape index (κ3) is 4.68. The molecule has 8 nitrogen and oxygen atoms in total. The SMILES string of the molecule is Cn1cnc(CNc2ccnc3cnn(C)c23)c1.O=C(O)C(F)(F)F. The molecule has 3 aromatic rings. The number of hydrogen-bond acceptors (Lipinski definition) is 5. The molecule has 25 heavy (non-hydrogen) atoms. The number of hydrogen-bond donors (Lipinski definition) is 2. The summed E-state index contributed by atoms with van der Waals surface area (Å²) in [5.74, 6) is -2.76. The van der Waals surface area contributed by atoms with Gasteiger partial charge in [-0.1, -0.05) is 0 Å². The summed E-state index contributed by atoms with van der Waals surface area (Å²) in [4.78, 5) is 17.5. The van der Waals surface area contributed by atoms with E-state index in [4.69, 9.17) is 9.90 Å². The van der Waals surface area contributed by atoms with Gasteiger partial charge in [0.15, 0.2) is 0 Å². The van der Waals surface area contributed by atoms with E-state index in [9.17, 15) is 13.2 Å². The third-order valence-electron chi connectivity index (χ3n) is 3.09. The molecule has 0 bridgehead atoms. The zero-order valence-corrected chi connectivity index (χ0v) is 13.3. The molecule has 3 heterocycles. The maximum absolute atomic E-state index is 10.6. The van der Waals surface area contributed by atoms with Crippen LogP contribution in [0.2, 0.25) is 0 Å². The lowest BCUT2D eigenvalue weighted by Gasteiger charge is -2.06. The molecule has 0 spiro atoms. The largest absolute Gasteiger partial charge is 0.490 e. The van der Waals surface area contributed by atoms with Crippen LogP contribution in [-0.4, -0.2) is 41.6 Å². The van der Waals surface area contributed by atoms with E-state index in [1.807, 2.05) is 35.6 Å². The number of aromatic nitrogens is 5. The van der Waals surface area contributed by atoms with Crippen LogP contribution in [0.1, 0.15) is 5.69 Å². The van der Waals surface area contributed by atoms with Crippen molar-refractivity contribution in [2.75, 3.05) is 5.32 Å². The minimum absolute atomic E-state index is 0.686. The first-order valence-corrected chi connectivity index (χ1v) is 6.96. The van der Waals surface area contributed by atoms with Gasteiger partial charge in [0.2, 0.25) is 0 Å². The summed E-state index contributed by atoms with van der Waals surface area (Å²) in [6.45, 7) is 0.686. The van der Waals surface area contributed by atoms with Crippen LogP contribution in [0, 0.1) is 0 Å². The first-order valence-electron chi connectivity index (χ1n) is 6.96. The molecule has 0 amide bonds. The molecule has 3 rings (SSSR count). The van der Waals surface area contributed by atoms with Gasteiger partial charge in [0.25, 0.3) is 0 Å². The number of anilines is 1. The molecule has 0 aliphatic rings. The molecule has 0 radical (unpaired) electrons. The molecule has 0 aliphatic carbocycles. The molecule has 0 fully saturated rings. The van der Waals surface area contributed by atoms with Crippen LogP contribution in [0.5, 0.6) is 0 Å². The molecular formula is C14H15F3N6O2. The monoisotopic (exact) mass is 356 g/mol. The minimum atomic E-state index is -5.08. The van der Waals surface area contributed by atoms with Gasteiger partial charge >= 0.3 is 12.1 Å². The minimum Gasteiger partial charge on any atom is -0.475 e. The Hall–Kier alpha value is -3.11. The van der Waals surface area contributed by atoms with Crippen LogP contribution >= 0.6 is 0 Å². The number of rotatable bonds is 3. The van der Waals surface area contributed by atoms with Crippen molar-refractivity contribution < 1.29 is 23.1 Å². The summed E-state index contributed by atoms with van der Waals surface area (Å²) in [7, 11) is 3.87. The Morgan fingerprint density at radius 1 is 1.32 bits per heavy atom. The van der Waals surface area contributed by atoms with Crippen LogP contribution in [-0.2, 0) is 25.4 Å². The summed E-state index contributed by atoms with van der Waals surface area (Å²) in [6.07, 6.45) is 2.25. The summed E-state index contributed by atoms with van der Waals surface area (Å²) in [5, 5.41) is 14.7. The number of nitrogens with zero attached hydrogens (tertiary/aromatic N) is 5. The second-order valence-electron chi connectivity index (χ2n) is 5.05. The van der Waals surface area contributed by atoms with Crippen molar-refractivity contribution >= 4 is 22.7 Å². The van der Waals surface area contributed by atoms with E-state index in [-0.39, 0.29) is 0 Å². The number of carboxylic acids is 1. The zero-order chi connectivity index (χ0) is 18.6. The fraction of sp³-hybridized carbons (Fsp3) is 0.286. The van der Waals surface area contributed by atoms with Gasteiger partial charge in [-0.05, 0) is 6.07 Å². The molecular weight excluding hydrogens is 341 g/mol. The van der Waals surface area contributed by atoms with E-state index in [2.05, 4.69) is 20.4 Å². The second kappa shape index (κ2) is 7.20. The van der Waals surface area contributed by atoms with Gasteiger partial charge in [-0.3, -0.25) is 9.67 Å². The molecule has 0 saturated heterocycles. The number of imidazole rings is 1. The van der Waals surface area contributed by atoms with Gasteiger partial charge in [0, 0.05) is 26.5 Å². The smallest absolute Gasteiger partial charge is 0.475 e. The molecule has 0 aromatic carbocycles. The number of carboxylic acid groups (broad SMARTS) is 1. The number of aryl methyl sites for hydroxylation is 2. The highest BCUT2D eigenvalue weighted by Gasteiger charge is 2.38. The van der Waals surface area contributed by atoms with E-state index in [0.717, 1.165) is 22.4 Å². The lowest BCUT2D eigenvalue weighted by atomic mass is 10.3. The standard InChI is InChI=1S/C12H14N6.C2HF3O2/c1-17-7-9(15-8-17)5-14-10-3-4-13-11-6-16-18(2)12(10)11;3-2(4,5)1(6)7/h3-4,6-8H,5H2,1-2H3,(H,13,14);(H,6,7). The molecule has 2 N–H and O–H groups in total. The van der Waals surface area contributed by atoms with E-state index >= 15 is 0 Å². The van der Waals surface area contributed by atoms with Crippen molar-refractivity contribution in [1.29, 1.82) is 0 Å². The van der Waals surface area contributed by atoms with Gasteiger partial charge in [-0.2, -0.15) is 18.3 Å². The van der Waals surface area contributed by atoms with Crippen LogP contribution in [0.25, 0.3) is 11.0 Å². The van der Waals surface area contributed by atoms with Gasteiger partial charge in [-0.15, -0.1) is 0 Å². The highest BCUT2D eigenvalue weighted by molar-refractivity contribution is 5.87. The highest BCUT2D eigenvalue weighted by atomic mass is 19.4. The predicted octanol–water partition coefficient (Wildman–Crippen LogP) is 1.95. The maximum atomic E-state index is 10.6. The average molecular weight is 356 g/mol. The maximum Gasteiger partial charge on any atom is 0.490 e. The summed E-state index contributed by atoms with van der Waals surface area (Å²) in [6, 6.07) is 1.95. The topological polar surface area (TPSA) is 97.9 Å². The van der Waals surface area contributed by atoms with Crippen molar-refractivity contribution in [3.8, 4) is 0 Å². The molecule has 0 unspecified atom stereocenters. The summed E-state index contributed by atoms with van der Waals surface area (Å²) >= 11 is 0. The lowest BCUT2D eigenvalue weighted by molar-refractivity contribution is -0.192. The molecule has 3 aromatic heterocycles. The van der Waals surface area contributed by atoms with Crippen LogP contribution < -0.4 is 5.32 Å². The highest BCUT2D eigenvalue weighted by Crippen LogP contribution is 2.20. The fourth-order valence-electron chi connectivity index (χ4n) is 1.99. The van der Waals surface area contributed by atoms with Crippen LogP contribution in [0.3, 0.4) is 0 Å². The normalized spacial score (nSPS) is 11.1. The van der Waals surface area contributed by atoms with E-state index < -0.39 is 12.1 Å². The lowest BCUT2D eigenvalue weighted by Crippen LogP contribution is -2.21. The Labute approximate surface area is 139 Å². The number of pyridine rings is 1. The van der Waals surface area contributed by atoms with Crippen molar-refractivity contribution in [3.63, 3.8) is 0 Å². The number of nitrogens with one attached hydrogen (secondary N) is 1. The Morgan fingerprint density at radius 2 is 2.00 bits per heavy atom. The molecule has 11 heteroatoms. The fourth-order valence-corrected chi connectivity index (χ4v) is 1.99. The molecule has 0 aliphatic heterocycles. The molecule has 0 atom stereocenters. The predicted molar refractivity (Wildman–Crippen MR) is 82.7 cm³/mol. The Morgan fingerprint density at radius 3 is 2.56 bits per heavy atom. The second-order valence-corrected chi connectivity index (χ2v) is 5.05. The van der Waals surface area contributed by atoms with Crippen molar-refractivity contribution in [2.24, 2.45) is 14.1 Å². The van der Waals surface area contributed by atoms with Gasteiger partial charge < -0.3 is 15.0 Å². The van der Waals surface area contributed by atoms with Crippen molar-refractivity contribution in [1.82, 2.24) is 24.3 Å². The number of aliphatic carboxylic acids is 1. The van der Waals surface area contributed by atoms with Crippen molar-refractivity contribution in [3.05, 3.63) is 36.7 Å². The summed E-state index contributed by atoms with van der Waals surface area (Å²) in [5.41, 5.74) is 3.92. The Bertz CT molecular complexity index is 871. The van der Waals surface area contributed by atoms with Gasteiger partial charge in [0.05, 0.1) is 30.5 Å². The van der Waals surface area contributed by atoms with Gasteiger partial charge in [0.1, 0.15) is 11.0 Å². The zero-order valence-electron chi connectivity index (χ0n) is 13.3. The molecule has 134 valence electrons. The van der Waals surface area contributed by atoms with Gasteiger partial charge in [-0.25, -0.2) is 9.78 Å². The van der Waals surface area contributed by atoms with E-state index in [1.165, 1.54) is 0 Å². The Balaban J connectivity index is 0.000000277. The number of alkyl halides is 3. The third-order valence-corrected chi connectivity index (χ3v) is 3.09. The number of fused-ring (bicyclic) bond motifs is 1. The first kappa shape index (κ1) is 18.2. The Kier molecular flexibility index (Phi) is 5.25. The molecule has 0 saturated carbocycles. The van der Waals surface area contributed by atoms with Crippen molar-refractivity contribution in [2.45, 2.75) is 12.7 Å². The van der Waals surface area contributed by atoms with Crippen LogP contribution in [0.15, 0.2) is 31.0 Å². The van der Waals surface area contributed by atoms with E-state index in [0.29, 0.717) is 6.54 Å². The average Bonchev–Trinajstić information content (AvgIpc) is 3.12. The quantitative estimate of drug-likeness (QED) is 0.744. The van der Waals surface area contributed by atoms with E-state index in [1.54, 1.807) is 18.7 Å². The summed E-state index contributed by atoms with van der Waals surface area (Å²) < 4.78 is 35.5. The number of carbonyl (C=O) groups is 1. The first-order chi connectivity index (χ1) is 11.7. The number of halogens is 3. The van der Waals surface area contributed by atoms with Crippen LogP contribution in [0.4, 0.5) is 18.9 Å².